The summed E-state index contributed by atoms with van der Waals surface area (Å²) in [6.45, 7) is 4.43. The van der Waals surface area contributed by atoms with E-state index in [4.69, 9.17) is 9.47 Å². The van der Waals surface area contributed by atoms with Gasteiger partial charge < -0.3 is 19.7 Å². The number of rotatable bonds is 6. The summed E-state index contributed by atoms with van der Waals surface area (Å²) in [4.78, 5) is 25.5. The molecule has 6 heteroatoms. The molecule has 1 aliphatic rings. The third kappa shape index (κ3) is 3.57. The maximum absolute atomic E-state index is 12.6. The van der Waals surface area contributed by atoms with Gasteiger partial charge in [0, 0.05) is 13.7 Å². The number of methoxy groups -OCH3 is 1. The van der Waals surface area contributed by atoms with Crippen LogP contribution in [0.4, 0.5) is 11.4 Å². The molecule has 0 atom stereocenters. The molecule has 1 N–H and O–H groups in total. The third-order valence-corrected chi connectivity index (χ3v) is 3.47. The maximum Gasteiger partial charge on any atom is 0.332 e. The average Bonchev–Trinajstić information content (AvgIpc) is 2.47. The number of nitrogens with one attached hydrogen (secondary N) is 1. The molecule has 0 unspecified atom stereocenters. The molecule has 1 heterocycles. The van der Waals surface area contributed by atoms with Crippen LogP contribution < -0.4 is 10.2 Å². The summed E-state index contributed by atoms with van der Waals surface area (Å²) < 4.78 is 9.73. The van der Waals surface area contributed by atoms with E-state index in [9.17, 15) is 9.59 Å². The van der Waals surface area contributed by atoms with Crippen LogP contribution in [0, 0.1) is 0 Å². The summed E-state index contributed by atoms with van der Waals surface area (Å²) in [5.74, 6) is -0.385. The molecule has 0 fully saturated rings. The zero-order valence-corrected chi connectivity index (χ0v) is 13.2. The average molecular weight is 306 g/mol. The Morgan fingerprint density at radius 1 is 1.32 bits per heavy atom. The Bertz CT molecular complexity index is 557. The Balaban J connectivity index is 2.00. The lowest BCUT2D eigenvalue weighted by Gasteiger charge is -2.39. The summed E-state index contributed by atoms with van der Waals surface area (Å²) in [5, 5.41) is 3.25. The van der Waals surface area contributed by atoms with Gasteiger partial charge in [0.05, 0.1) is 18.0 Å². The van der Waals surface area contributed by atoms with Gasteiger partial charge in [-0.1, -0.05) is 12.1 Å². The first-order valence-corrected chi connectivity index (χ1v) is 7.29. The highest BCUT2D eigenvalue weighted by molar-refractivity contribution is 6.07. The number of para-hydroxylation sites is 2. The SMILES string of the molecule is COCC(=O)OCCCN1C(=O)C(C)(C)Nc2ccccc21. The van der Waals surface area contributed by atoms with Crippen LogP contribution in [0.2, 0.25) is 0 Å². The van der Waals surface area contributed by atoms with E-state index in [2.05, 4.69) is 5.32 Å². The first-order valence-electron chi connectivity index (χ1n) is 7.29. The van der Waals surface area contributed by atoms with Crippen molar-refractivity contribution in [2.24, 2.45) is 0 Å². The Hall–Kier alpha value is -2.08. The lowest BCUT2D eigenvalue weighted by molar-refractivity contribution is -0.147. The molecule has 1 amide bonds. The molecule has 0 aromatic heterocycles. The lowest BCUT2D eigenvalue weighted by Crippen LogP contribution is -2.54. The Kier molecular flexibility index (Phi) is 5.03. The molecule has 0 bridgehead atoms. The monoisotopic (exact) mass is 306 g/mol. The largest absolute Gasteiger partial charge is 0.464 e. The number of hydrogen-bond donors (Lipinski definition) is 1. The molecule has 0 spiro atoms. The summed E-state index contributed by atoms with van der Waals surface area (Å²) in [6.07, 6.45) is 0.575. The molecule has 0 saturated heterocycles. The summed E-state index contributed by atoms with van der Waals surface area (Å²) in [5.41, 5.74) is 1.14. The highest BCUT2D eigenvalue weighted by Crippen LogP contribution is 2.34. The van der Waals surface area contributed by atoms with Gasteiger partial charge in [0.15, 0.2) is 0 Å². The molecule has 1 aromatic carbocycles. The molecule has 6 nitrogen and oxygen atoms in total. The number of nitrogens with zero attached hydrogens (tertiary/aromatic N) is 1. The Labute approximate surface area is 130 Å². The van der Waals surface area contributed by atoms with Crippen molar-refractivity contribution in [1.82, 2.24) is 0 Å². The van der Waals surface area contributed by atoms with E-state index in [-0.39, 0.29) is 19.1 Å². The second kappa shape index (κ2) is 6.79. The minimum Gasteiger partial charge on any atom is -0.464 e. The van der Waals surface area contributed by atoms with Crippen LogP contribution in [0.1, 0.15) is 20.3 Å². The predicted octanol–water partition coefficient (Wildman–Crippen LogP) is 1.80. The summed E-state index contributed by atoms with van der Waals surface area (Å²) in [6, 6.07) is 7.70. The number of anilines is 2. The zero-order chi connectivity index (χ0) is 16.2. The van der Waals surface area contributed by atoms with Crippen molar-refractivity contribution >= 4 is 23.3 Å². The number of fused-ring (bicyclic) bond motifs is 1. The van der Waals surface area contributed by atoms with E-state index < -0.39 is 11.5 Å². The van der Waals surface area contributed by atoms with Gasteiger partial charge in [0.25, 0.3) is 5.91 Å². The zero-order valence-electron chi connectivity index (χ0n) is 13.2. The first kappa shape index (κ1) is 16.3. The van der Waals surface area contributed by atoms with Crippen molar-refractivity contribution in [2.75, 3.05) is 37.1 Å². The molecule has 0 radical (unpaired) electrons. The molecule has 120 valence electrons. The van der Waals surface area contributed by atoms with Crippen LogP contribution in [0.25, 0.3) is 0 Å². The van der Waals surface area contributed by atoms with E-state index in [0.29, 0.717) is 13.0 Å². The lowest BCUT2D eigenvalue weighted by atomic mass is 9.98. The number of ether oxygens (including phenoxy) is 2. The van der Waals surface area contributed by atoms with Gasteiger partial charge in [-0.2, -0.15) is 0 Å². The quantitative estimate of drug-likeness (QED) is 0.641. The third-order valence-electron chi connectivity index (χ3n) is 3.47. The van der Waals surface area contributed by atoms with Crippen LogP contribution >= 0.6 is 0 Å². The van der Waals surface area contributed by atoms with Crippen molar-refractivity contribution in [3.63, 3.8) is 0 Å². The van der Waals surface area contributed by atoms with Crippen LogP contribution in [-0.2, 0) is 19.1 Å². The van der Waals surface area contributed by atoms with Gasteiger partial charge in [-0.05, 0) is 32.4 Å². The Morgan fingerprint density at radius 3 is 2.77 bits per heavy atom. The van der Waals surface area contributed by atoms with Crippen LogP contribution in [0.15, 0.2) is 24.3 Å². The van der Waals surface area contributed by atoms with Crippen LogP contribution in [0.5, 0.6) is 0 Å². The van der Waals surface area contributed by atoms with Crippen LogP contribution in [0.3, 0.4) is 0 Å². The molecule has 0 aliphatic carbocycles. The van der Waals surface area contributed by atoms with E-state index in [1.54, 1.807) is 4.90 Å². The van der Waals surface area contributed by atoms with Gasteiger partial charge in [-0.3, -0.25) is 4.79 Å². The number of esters is 1. The molecule has 1 aromatic rings. The van der Waals surface area contributed by atoms with Crippen molar-refractivity contribution in [2.45, 2.75) is 25.8 Å². The second-order valence-electron chi connectivity index (χ2n) is 5.73. The van der Waals surface area contributed by atoms with Gasteiger partial charge in [0.1, 0.15) is 12.1 Å². The highest BCUT2D eigenvalue weighted by atomic mass is 16.6. The minimum absolute atomic E-state index is 0.00872. The molecular formula is C16H22N2O4. The molecule has 1 aliphatic heterocycles. The fraction of sp³-hybridized carbons (Fsp3) is 0.500. The van der Waals surface area contributed by atoms with E-state index >= 15 is 0 Å². The standard InChI is InChI=1S/C16H22N2O4/c1-16(2)15(20)18(9-6-10-22-14(19)11-21-3)13-8-5-4-7-12(13)17-16/h4-5,7-8,17H,6,9-11H2,1-3H3. The normalized spacial score (nSPS) is 16.0. The number of hydrogen-bond acceptors (Lipinski definition) is 5. The van der Waals surface area contributed by atoms with Crippen molar-refractivity contribution in [1.29, 1.82) is 0 Å². The van der Waals surface area contributed by atoms with Gasteiger partial charge in [-0.15, -0.1) is 0 Å². The van der Waals surface area contributed by atoms with E-state index in [0.717, 1.165) is 11.4 Å². The van der Waals surface area contributed by atoms with E-state index in [1.807, 2.05) is 38.1 Å². The van der Waals surface area contributed by atoms with Gasteiger partial charge in [-0.25, -0.2) is 4.79 Å². The minimum atomic E-state index is -0.652. The molecular weight excluding hydrogens is 284 g/mol. The smallest absolute Gasteiger partial charge is 0.332 e. The second-order valence-corrected chi connectivity index (χ2v) is 5.73. The van der Waals surface area contributed by atoms with Crippen LogP contribution in [-0.4, -0.2) is 44.3 Å². The van der Waals surface area contributed by atoms with Crippen molar-refractivity contribution in [3.05, 3.63) is 24.3 Å². The molecule has 0 saturated carbocycles. The van der Waals surface area contributed by atoms with E-state index in [1.165, 1.54) is 7.11 Å². The van der Waals surface area contributed by atoms with Crippen molar-refractivity contribution < 1.29 is 19.1 Å². The fourth-order valence-electron chi connectivity index (χ4n) is 2.44. The first-order chi connectivity index (χ1) is 10.5. The highest BCUT2D eigenvalue weighted by Gasteiger charge is 2.37. The maximum atomic E-state index is 12.6. The summed E-state index contributed by atoms with van der Waals surface area (Å²) in [7, 11) is 1.44. The number of benzene rings is 1. The summed E-state index contributed by atoms with van der Waals surface area (Å²) >= 11 is 0. The number of carbonyl (C=O) groups is 2. The number of amides is 1. The predicted molar refractivity (Wildman–Crippen MR) is 83.9 cm³/mol. The Morgan fingerprint density at radius 2 is 2.05 bits per heavy atom. The van der Waals surface area contributed by atoms with Crippen molar-refractivity contribution in [3.8, 4) is 0 Å². The van der Waals surface area contributed by atoms with Gasteiger partial charge >= 0.3 is 5.97 Å². The molecule has 2 rings (SSSR count). The molecule has 22 heavy (non-hydrogen) atoms. The topological polar surface area (TPSA) is 67.9 Å². The number of carbonyl (C=O) groups excluding carboxylic acids is 2. The van der Waals surface area contributed by atoms with Gasteiger partial charge in [0.2, 0.25) is 0 Å². The fourth-order valence-corrected chi connectivity index (χ4v) is 2.44.